The topological polar surface area (TPSA) is 28.7 Å². The van der Waals surface area contributed by atoms with Gasteiger partial charge in [-0.05, 0) is 18.6 Å². The lowest BCUT2D eigenvalue weighted by Gasteiger charge is -1.89. The predicted molar refractivity (Wildman–Crippen MR) is 62.4 cm³/mol. The molecule has 1 heterocycles. The van der Waals surface area contributed by atoms with Gasteiger partial charge in [0.1, 0.15) is 5.82 Å². The molecule has 0 amide bonds. The van der Waals surface area contributed by atoms with Crippen molar-refractivity contribution in [1.82, 2.24) is 9.97 Å². The zero-order valence-corrected chi connectivity index (χ0v) is 9.24. The van der Waals surface area contributed by atoms with E-state index in [-0.39, 0.29) is 12.4 Å². The molecule has 1 aromatic heterocycles. The first-order valence-electron chi connectivity index (χ1n) is 4.40. The molecule has 2 nitrogen and oxygen atoms in total. The highest BCUT2D eigenvalue weighted by Crippen LogP contribution is 2.11. The van der Waals surface area contributed by atoms with E-state index in [9.17, 15) is 0 Å². The lowest BCUT2D eigenvalue weighted by Crippen LogP contribution is -1.87. The van der Waals surface area contributed by atoms with Crippen LogP contribution >= 0.6 is 24.0 Å². The van der Waals surface area contributed by atoms with Crippen molar-refractivity contribution < 1.29 is 0 Å². The molecule has 0 radical (unpaired) electrons. The van der Waals surface area contributed by atoms with Crippen molar-refractivity contribution in [3.05, 3.63) is 30.1 Å². The molecule has 76 valence electrons. The molecule has 0 saturated carbocycles. The van der Waals surface area contributed by atoms with Crippen LogP contribution in [0.2, 0.25) is 0 Å². The van der Waals surface area contributed by atoms with Crippen molar-refractivity contribution in [3.63, 3.8) is 0 Å². The summed E-state index contributed by atoms with van der Waals surface area (Å²) in [5.74, 6) is 1.72. The van der Waals surface area contributed by atoms with E-state index in [1.165, 1.54) is 0 Å². The van der Waals surface area contributed by atoms with E-state index in [1.54, 1.807) is 0 Å². The number of halogens is 2. The number of hydrogen-bond donors (Lipinski definition) is 1. The molecule has 2 aromatic rings. The predicted octanol–water partition coefficient (Wildman–Crippen LogP) is 3.16. The number of nitrogens with one attached hydrogen (secondary N) is 1. The first-order chi connectivity index (χ1) is 6.40. The number of nitrogens with zero attached hydrogens (tertiary/aromatic N) is 1. The van der Waals surface area contributed by atoms with E-state index < -0.39 is 0 Å². The fourth-order valence-corrected chi connectivity index (χ4v) is 1.49. The van der Waals surface area contributed by atoms with Gasteiger partial charge in [0.25, 0.3) is 0 Å². The van der Waals surface area contributed by atoms with Gasteiger partial charge in [0.2, 0.25) is 0 Å². The molecule has 0 saturated heterocycles. The quantitative estimate of drug-likeness (QED) is 0.807. The fourth-order valence-electron chi connectivity index (χ4n) is 1.36. The molecule has 0 fully saturated rings. The van der Waals surface area contributed by atoms with Crippen molar-refractivity contribution >= 4 is 35.0 Å². The number of aromatic amines is 1. The third-order valence-electron chi connectivity index (χ3n) is 1.99. The standard InChI is InChI=1S/C10H11ClN2.ClH/c11-7-3-6-10-12-8-4-1-2-5-9(8)13-10;/h1-2,4-5H,3,6-7H2,(H,12,13);1H. The van der Waals surface area contributed by atoms with E-state index in [1.807, 2.05) is 24.3 Å². The molecule has 1 N–H and O–H groups in total. The highest BCUT2D eigenvalue weighted by Gasteiger charge is 2.00. The number of benzene rings is 1. The summed E-state index contributed by atoms with van der Waals surface area (Å²) in [6.07, 6.45) is 1.90. The second kappa shape index (κ2) is 5.23. The third kappa shape index (κ3) is 2.40. The Bertz CT molecular complexity index is 365. The number of fused-ring (bicyclic) bond motifs is 1. The molecule has 4 heteroatoms. The number of H-pyrrole nitrogens is 1. The number of aromatic nitrogens is 2. The maximum atomic E-state index is 5.61. The molecule has 2 rings (SSSR count). The number of alkyl halides is 1. The molecule has 0 atom stereocenters. The van der Waals surface area contributed by atoms with Crippen LogP contribution in [-0.2, 0) is 6.42 Å². The first kappa shape index (κ1) is 11.3. The second-order valence-corrected chi connectivity index (χ2v) is 3.37. The van der Waals surface area contributed by atoms with Gasteiger partial charge in [-0.15, -0.1) is 24.0 Å². The van der Waals surface area contributed by atoms with Gasteiger partial charge in [0.15, 0.2) is 0 Å². The summed E-state index contributed by atoms with van der Waals surface area (Å²) in [6, 6.07) is 8.04. The van der Waals surface area contributed by atoms with Gasteiger partial charge < -0.3 is 4.98 Å². The van der Waals surface area contributed by atoms with Crippen LogP contribution in [-0.4, -0.2) is 15.8 Å². The van der Waals surface area contributed by atoms with Crippen LogP contribution in [0.5, 0.6) is 0 Å². The minimum atomic E-state index is 0. The van der Waals surface area contributed by atoms with Gasteiger partial charge in [0, 0.05) is 12.3 Å². The summed E-state index contributed by atoms with van der Waals surface area (Å²) in [7, 11) is 0. The fraction of sp³-hybridized carbons (Fsp3) is 0.300. The van der Waals surface area contributed by atoms with Crippen LogP contribution in [0.3, 0.4) is 0 Å². The Hall–Kier alpha value is -0.730. The Morgan fingerprint density at radius 1 is 1.29 bits per heavy atom. The highest BCUT2D eigenvalue weighted by atomic mass is 35.5. The maximum absolute atomic E-state index is 5.61. The van der Waals surface area contributed by atoms with Gasteiger partial charge in [-0.2, -0.15) is 0 Å². The minimum Gasteiger partial charge on any atom is -0.342 e. The lowest BCUT2D eigenvalue weighted by molar-refractivity contribution is 0.867. The van der Waals surface area contributed by atoms with E-state index in [0.29, 0.717) is 5.88 Å². The second-order valence-electron chi connectivity index (χ2n) is 2.99. The molecule has 14 heavy (non-hydrogen) atoms. The van der Waals surface area contributed by atoms with Crippen LogP contribution in [0.25, 0.3) is 11.0 Å². The Morgan fingerprint density at radius 2 is 2.07 bits per heavy atom. The SMILES string of the molecule is Cl.ClCCCc1nc2ccccc2[nH]1. The number of hydrogen-bond acceptors (Lipinski definition) is 1. The van der Waals surface area contributed by atoms with Crippen LogP contribution in [0.15, 0.2) is 24.3 Å². The van der Waals surface area contributed by atoms with E-state index in [2.05, 4.69) is 9.97 Å². The van der Waals surface area contributed by atoms with Crippen LogP contribution in [0, 0.1) is 0 Å². The maximum Gasteiger partial charge on any atom is 0.107 e. The monoisotopic (exact) mass is 230 g/mol. The summed E-state index contributed by atoms with van der Waals surface area (Å²) >= 11 is 5.61. The minimum absolute atomic E-state index is 0. The van der Waals surface area contributed by atoms with Gasteiger partial charge in [-0.1, -0.05) is 12.1 Å². The number of aryl methyl sites for hydroxylation is 1. The molecule has 0 spiro atoms. The van der Waals surface area contributed by atoms with Crippen molar-refractivity contribution in [3.8, 4) is 0 Å². The van der Waals surface area contributed by atoms with Gasteiger partial charge in [-0.3, -0.25) is 0 Å². The van der Waals surface area contributed by atoms with Crippen LogP contribution in [0.1, 0.15) is 12.2 Å². The number of imidazole rings is 1. The Labute approximate surface area is 94.1 Å². The largest absolute Gasteiger partial charge is 0.342 e. The molecule has 0 unspecified atom stereocenters. The van der Waals surface area contributed by atoms with Crippen LogP contribution in [0.4, 0.5) is 0 Å². The smallest absolute Gasteiger partial charge is 0.107 e. The number of rotatable bonds is 3. The lowest BCUT2D eigenvalue weighted by atomic mass is 10.3. The Kier molecular flexibility index (Phi) is 4.23. The molecule has 0 aliphatic heterocycles. The zero-order valence-electron chi connectivity index (χ0n) is 7.66. The van der Waals surface area contributed by atoms with Gasteiger partial charge in [-0.25, -0.2) is 4.98 Å². The van der Waals surface area contributed by atoms with Crippen molar-refractivity contribution in [2.75, 3.05) is 5.88 Å². The highest BCUT2D eigenvalue weighted by molar-refractivity contribution is 6.17. The van der Waals surface area contributed by atoms with E-state index in [0.717, 1.165) is 29.7 Å². The average molecular weight is 231 g/mol. The molecule has 0 aliphatic carbocycles. The summed E-state index contributed by atoms with van der Waals surface area (Å²) in [5.41, 5.74) is 2.14. The molecule has 0 bridgehead atoms. The third-order valence-corrected chi connectivity index (χ3v) is 2.25. The Balaban J connectivity index is 0.000000980. The Morgan fingerprint density at radius 3 is 2.79 bits per heavy atom. The molecule has 1 aromatic carbocycles. The average Bonchev–Trinajstić information content (AvgIpc) is 2.57. The van der Waals surface area contributed by atoms with E-state index in [4.69, 9.17) is 11.6 Å². The van der Waals surface area contributed by atoms with Gasteiger partial charge >= 0.3 is 0 Å². The molecule has 0 aliphatic rings. The number of para-hydroxylation sites is 2. The van der Waals surface area contributed by atoms with Crippen LogP contribution < -0.4 is 0 Å². The molecular formula is C10H12Cl2N2. The van der Waals surface area contributed by atoms with Crippen molar-refractivity contribution in [2.24, 2.45) is 0 Å². The normalized spacial score (nSPS) is 10.1. The van der Waals surface area contributed by atoms with Crippen molar-refractivity contribution in [1.29, 1.82) is 0 Å². The summed E-state index contributed by atoms with van der Waals surface area (Å²) in [6.45, 7) is 0. The van der Waals surface area contributed by atoms with Gasteiger partial charge in [0.05, 0.1) is 11.0 Å². The summed E-state index contributed by atoms with van der Waals surface area (Å²) < 4.78 is 0. The summed E-state index contributed by atoms with van der Waals surface area (Å²) in [4.78, 5) is 7.70. The van der Waals surface area contributed by atoms with E-state index >= 15 is 0 Å². The summed E-state index contributed by atoms with van der Waals surface area (Å²) in [5, 5.41) is 0. The molecular weight excluding hydrogens is 219 g/mol. The first-order valence-corrected chi connectivity index (χ1v) is 4.93. The van der Waals surface area contributed by atoms with Crippen molar-refractivity contribution in [2.45, 2.75) is 12.8 Å². The zero-order chi connectivity index (χ0) is 9.10.